The second-order valence-electron chi connectivity index (χ2n) is 11.0. The minimum Gasteiger partial charge on any atom is -0.341 e. The molecule has 8 heteroatoms. The number of rotatable bonds is 5. The summed E-state index contributed by atoms with van der Waals surface area (Å²) in [6.45, 7) is 8.21. The molecule has 2 aliphatic heterocycles. The fourth-order valence-electron chi connectivity index (χ4n) is 6.00. The quantitative estimate of drug-likeness (QED) is 0.793. The van der Waals surface area contributed by atoms with Gasteiger partial charge in [-0.25, -0.2) is 0 Å². The van der Waals surface area contributed by atoms with Crippen LogP contribution in [0.25, 0.3) is 0 Å². The Balaban J connectivity index is 1.11. The summed E-state index contributed by atoms with van der Waals surface area (Å²) < 4.78 is 7.51. The van der Waals surface area contributed by atoms with Crippen molar-refractivity contribution in [3.8, 4) is 0 Å². The first-order valence-electron chi connectivity index (χ1n) is 11.8. The Hall–Kier alpha value is -2.22. The Labute approximate surface area is 182 Å². The average Bonchev–Trinajstić information content (AvgIpc) is 3.34. The van der Waals surface area contributed by atoms with Gasteiger partial charge in [-0.3, -0.25) is 9.48 Å². The molecule has 2 saturated heterocycles. The molecule has 4 fully saturated rings. The molecule has 1 unspecified atom stereocenters. The zero-order valence-corrected chi connectivity index (χ0v) is 18.5. The van der Waals surface area contributed by atoms with E-state index in [-0.39, 0.29) is 22.7 Å². The van der Waals surface area contributed by atoms with Crippen LogP contribution in [0.3, 0.4) is 0 Å². The van der Waals surface area contributed by atoms with Gasteiger partial charge in [0.2, 0.25) is 11.8 Å². The zero-order chi connectivity index (χ0) is 21.2. The zero-order valence-electron chi connectivity index (χ0n) is 18.5. The summed E-state index contributed by atoms with van der Waals surface area (Å²) in [5.41, 5.74) is 1.41. The molecule has 8 nitrogen and oxygen atoms in total. The first kappa shape index (κ1) is 19.5. The fraction of sp³-hybridized carbons (Fsp3) is 0.739. The minimum atomic E-state index is 0.0389. The molecule has 0 bridgehead atoms. The van der Waals surface area contributed by atoms with Crippen molar-refractivity contribution in [3.05, 3.63) is 29.7 Å². The molecule has 2 saturated carbocycles. The number of carbonyl (C=O) groups is 1. The van der Waals surface area contributed by atoms with Gasteiger partial charge in [-0.2, -0.15) is 10.1 Å². The summed E-state index contributed by atoms with van der Waals surface area (Å²) >= 11 is 0. The van der Waals surface area contributed by atoms with Gasteiger partial charge in [-0.1, -0.05) is 31.8 Å². The van der Waals surface area contributed by atoms with Crippen molar-refractivity contribution in [1.29, 1.82) is 0 Å². The lowest BCUT2D eigenvalue weighted by Gasteiger charge is -2.50. The first-order valence-corrected chi connectivity index (χ1v) is 11.8. The predicted octanol–water partition coefficient (Wildman–Crippen LogP) is 2.53. The smallest absolute Gasteiger partial charge is 0.248 e. The summed E-state index contributed by atoms with van der Waals surface area (Å²) in [5, 5.41) is 12.6. The summed E-state index contributed by atoms with van der Waals surface area (Å²) in [6, 6.07) is 2.13. The van der Waals surface area contributed by atoms with E-state index in [0.717, 1.165) is 38.4 Å². The highest BCUT2D eigenvalue weighted by Gasteiger charge is 2.59. The maximum atomic E-state index is 12.7. The third-order valence-electron chi connectivity index (χ3n) is 8.23. The van der Waals surface area contributed by atoms with E-state index in [1.807, 2.05) is 15.8 Å². The van der Waals surface area contributed by atoms with Crippen molar-refractivity contribution in [3.63, 3.8) is 0 Å². The van der Waals surface area contributed by atoms with Crippen LogP contribution < -0.4 is 5.32 Å². The number of hydrogen-bond donors (Lipinski definition) is 1. The molecule has 1 amide bonds. The van der Waals surface area contributed by atoms with Crippen LogP contribution in [0.15, 0.2) is 16.8 Å². The Kier molecular flexibility index (Phi) is 4.32. The third kappa shape index (κ3) is 3.30. The highest BCUT2D eigenvalue weighted by Crippen LogP contribution is 2.54. The molecule has 0 radical (unpaired) electrons. The molecule has 2 aliphatic carbocycles. The topological polar surface area (TPSA) is 89.1 Å². The molecule has 2 atom stereocenters. The average molecular weight is 425 g/mol. The largest absolute Gasteiger partial charge is 0.341 e. The fourth-order valence-corrected chi connectivity index (χ4v) is 6.00. The number of carbonyl (C=O) groups excluding carboxylic acids is 1. The molecular weight excluding hydrogens is 392 g/mol. The molecule has 0 aromatic carbocycles. The number of aromatic nitrogens is 4. The molecule has 2 aromatic heterocycles. The van der Waals surface area contributed by atoms with Crippen molar-refractivity contribution in [1.82, 2.24) is 30.1 Å². The summed E-state index contributed by atoms with van der Waals surface area (Å²) in [4.78, 5) is 19.5. The van der Waals surface area contributed by atoms with Gasteiger partial charge in [0, 0.05) is 55.5 Å². The Morgan fingerprint density at radius 3 is 2.81 bits per heavy atom. The van der Waals surface area contributed by atoms with Crippen LogP contribution >= 0.6 is 0 Å². The van der Waals surface area contributed by atoms with E-state index in [4.69, 9.17) is 14.6 Å². The Bertz CT molecular complexity index is 982. The van der Waals surface area contributed by atoms with E-state index in [1.165, 1.54) is 31.4 Å². The van der Waals surface area contributed by atoms with Crippen LogP contribution in [-0.2, 0) is 11.3 Å². The minimum absolute atomic E-state index is 0.0389. The van der Waals surface area contributed by atoms with Crippen LogP contribution in [0, 0.1) is 16.7 Å². The number of nitrogens with one attached hydrogen (secondary N) is 1. The second-order valence-corrected chi connectivity index (χ2v) is 11.0. The number of likely N-dealkylation sites (tertiary alicyclic amines) is 1. The van der Waals surface area contributed by atoms with Crippen LogP contribution in [0.4, 0.5) is 0 Å². The van der Waals surface area contributed by atoms with Gasteiger partial charge >= 0.3 is 0 Å². The van der Waals surface area contributed by atoms with Crippen molar-refractivity contribution in [2.75, 3.05) is 26.2 Å². The van der Waals surface area contributed by atoms with Crippen molar-refractivity contribution in [2.45, 2.75) is 64.3 Å². The SMILES string of the molecule is CC1(C)C[C@@H]1C(=O)N1CC2(CNCC2c2noc(Cn3ccc(C4CCCC4)n3)n2)C1. The molecule has 31 heavy (non-hydrogen) atoms. The van der Waals surface area contributed by atoms with Crippen molar-refractivity contribution < 1.29 is 9.32 Å². The van der Waals surface area contributed by atoms with E-state index in [2.05, 4.69) is 30.4 Å². The Morgan fingerprint density at radius 2 is 2.06 bits per heavy atom. The first-order chi connectivity index (χ1) is 14.9. The summed E-state index contributed by atoms with van der Waals surface area (Å²) in [6.07, 6.45) is 8.14. The molecule has 4 aliphatic rings. The molecule has 1 spiro atoms. The van der Waals surface area contributed by atoms with E-state index in [1.54, 1.807) is 0 Å². The lowest BCUT2D eigenvalue weighted by molar-refractivity contribution is -0.145. The molecule has 2 aromatic rings. The lowest BCUT2D eigenvalue weighted by Crippen LogP contribution is -2.62. The number of nitrogens with zero attached hydrogens (tertiary/aromatic N) is 5. The van der Waals surface area contributed by atoms with Crippen LogP contribution in [0.5, 0.6) is 0 Å². The van der Waals surface area contributed by atoms with Crippen LogP contribution in [0.2, 0.25) is 0 Å². The van der Waals surface area contributed by atoms with E-state index < -0.39 is 0 Å². The normalized spacial score (nSPS) is 28.9. The van der Waals surface area contributed by atoms with Crippen LogP contribution in [0.1, 0.15) is 75.2 Å². The summed E-state index contributed by atoms with van der Waals surface area (Å²) in [5.74, 6) is 2.69. The lowest BCUT2D eigenvalue weighted by atomic mass is 9.71. The van der Waals surface area contributed by atoms with E-state index >= 15 is 0 Å². The van der Waals surface area contributed by atoms with Crippen LogP contribution in [-0.4, -0.2) is 56.9 Å². The maximum absolute atomic E-state index is 12.7. The van der Waals surface area contributed by atoms with Gasteiger partial charge in [0.15, 0.2) is 5.82 Å². The highest BCUT2D eigenvalue weighted by molar-refractivity contribution is 5.83. The van der Waals surface area contributed by atoms with Crippen molar-refractivity contribution >= 4 is 5.91 Å². The van der Waals surface area contributed by atoms with Gasteiger partial charge in [-0.05, 0) is 30.7 Å². The van der Waals surface area contributed by atoms with Gasteiger partial charge in [0.25, 0.3) is 0 Å². The van der Waals surface area contributed by atoms with Gasteiger partial charge in [0.05, 0.1) is 5.69 Å². The summed E-state index contributed by atoms with van der Waals surface area (Å²) in [7, 11) is 0. The molecule has 166 valence electrons. The highest BCUT2D eigenvalue weighted by atomic mass is 16.5. The molecule has 4 heterocycles. The third-order valence-corrected chi connectivity index (χ3v) is 8.23. The van der Waals surface area contributed by atoms with Crippen molar-refractivity contribution in [2.24, 2.45) is 16.7 Å². The molecule has 6 rings (SSSR count). The standard InChI is InChI=1S/C23H32N6O2/c1-22(2)9-16(22)21(30)28-13-23(14-28)12-24-10-17(23)20-25-19(31-27-20)11-29-8-7-18(26-29)15-5-3-4-6-15/h7-8,15-17,24H,3-6,9-14H2,1-2H3/t16-,17?/m1/s1. The molecule has 1 N–H and O–H groups in total. The molecular formula is C23H32N6O2. The van der Waals surface area contributed by atoms with E-state index in [9.17, 15) is 4.79 Å². The van der Waals surface area contributed by atoms with Gasteiger partial charge < -0.3 is 14.7 Å². The monoisotopic (exact) mass is 424 g/mol. The number of amides is 1. The maximum Gasteiger partial charge on any atom is 0.248 e. The van der Waals surface area contributed by atoms with Gasteiger partial charge in [-0.15, -0.1) is 0 Å². The van der Waals surface area contributed by atoms with Gasteiger partial charge in [0.1, 0.15) is 6.54 Å². The second kappa shape index (κ2) is 6.89. The predicted molar refractivity (Wildman–Crippen MR) is 113 cm³/mol. The van der Waals surface area contributed by atoms with E-state index in [0.29, 0.717) is 24.3 Å². The number of hydrogen-bond acceptors (Lipinski definition) is 6. The Morgan fingerprint density at radius 1 is 1.29 bits per heavy atom.